The maximum Gasteiger partial charge on any atom is 0.333 e. The number of methoxy groups -OCH3 is 1. The van der Waals surface area contributed by atoms with Crippen LogP contribution in [0.1, 0.15) is 6.42 Å². The summed E-state index contributed by atoms with van der Waals surface area (Å²) in [5.74, 6) is -0.666. The number of carbonyl (C=O) groups is 2. The van der Waals surface area contributed by atoms with Gasteiger partial charge in [-0.3, -0.25) is 4.79 Å². The van der Waals surface area contributed by atoms with Crippen LogP contribution >= 0.6 is 0 Å². The summed E-state index contributed by atoms with van der Waals surface area (Å²) >= 11 is 0. The molecule has 0 radical (unpaired) electrons. The van der Waals surface area contributed by atoms with Crippen LogP contribution in [0.5, 0.6) is 17.2 Å². The molecule has 1 aromatic heterocycles. The number of carboxylic acid groups (broad SMARTS) is 2. The van der Waals surface area contributed by atoms with Crippen molar-refractivity contribution in [2.75, 3.05) is 33.4 Å². The molecule has 2 atom stereocenters. The molecule has 1 heterocycles. The quantitative estimate of drug-likeness (QED) is 0.139. The molecule has 0 saturated heterocycles. The van der Waals surface area contributed by atoms with E-state index in [0.717, 1.165) is 27.6 Å². The fourth-order valence-corrected chi connectivity index (χ4v) is 3.73. The normalized spacial score (nSPS) is 12.3. The van der Waals surface area contributed by atoms with Gasteiger partial charge in [0.1, 0.15) is 25.1 Å². The van der Waals surface area contributed by atoms with Crippen molar-refractivity contribution in [3.8, 4) is 17.2 Å². The number of ether oxygens (including phenoxy) is 3. The Morgan fingerprint density at radius 2 is 1.54 bits per heavy atom. The van der Waals surface area contributed by atoms with Crippen molar-refractivity contribution in [3.63, 3.8) is 0 Å². The molecule has 11 nitrogen and oxygen atoms in total. The van der Waals surface area contributed by atoms with Gasteiger partial charge in [-0.25, -0.2) is 4.79 Å². The largest absolute Gasteiger partial charge is 0.493 e. The summed E-state index contributed by atoms with van der Waals surface area (Å²) in [7, 11) is 1.62. The number of nitrogens with one attached hydrogen (secondary N) is 2. The lowest BCUT2D eigenvalue weighted by Crippen LogP contribution is -2.33. The SMILES string of the molecule is COc1ccccc1OCCNCC(O)COc1cccc2[nH]c3ccccc3c12.O=C(O)CC(O)C(=O)O. The number of para-hydroxylation sites is 3. The number of benzene rings is 3. The van der Waals surface area contributed by atoms with Gasteiger partial charge >= 0.3 is 11.9 Å². The Kier molecular flexibility index (Phi) is 10.9. The summed E-state index contributed by atoms with van der Waals surface area (Å²) in [5.41, 5.74) is 2.09. The fraction of sp³-hybridized carbons (Fsp3) is 0.286. The predicted octanol–water partition coefficient (Wildman–Crippen LogP) is 2.64. The van der Waals surface area contributed by atoms with Gasteiger partial charge in [0.2, 0.25) is 0 Å². The van der Waals surface area contributed by atoms with E-state index in [4.69, 9.17) is 29.5 Å². The molecule has 0 aliphatic rings. The van der Waals surface area contributed by atoms with Crippen molar-refractivity contribution in [1.82, 2.24) is 10.3 Å². The Balaban J connectivity index is 0.000000403. The van der Waals surface area contributed by atoms with Crippen LogP contribution in [-0.2, 0) is 9.59 Å². The van der Waals surface area contributed by atoms with E-state index >= 15 is 0 Å². The second-order valence-electron chi connectivity index (χ2n) is 8.47. The number of aliphatic carboxylic acids is 2. The summed E-state index contributed by atoms with van der Waals surface area (Å²) in [5, 5.41) is 39.8. The Morgan fingerprint density at radius 1 is 0.872 bits per heavy atom. The van der Waals surface area contributed by atoms with Crippen LogP contribution in [0, 0.1) is 0 Å². The zero-order valence-corrected chi connectivity index (χ0v) is 21.4. The van der Waals surface area contributed by atoms with Crippen LogP contribution in [0.2, 0.25) is 0 Å². The van der Waals surface area contributed by atoms with Gasteiger partial charge in [-0.1, -0.05) is 36.4 Å². The van der Waals surface area contributed by atoms with Crippen LogP contribution in [0.25, 0.3) is 21.8 Å². The Hall–Kier alpha value is -4.32. The Labute approximate surface area is 224 Å². The molecule has 4 aromatic rings. The van der Waals surface area contributed by atoms with E-state index < -0.39 is 30.6 Å². The van der Waals surface area contributed by atoms with Crippen molar-refractivity contribution in [3.05, 3.63) is 66.7 Å². The van der Waals surface area contributed by atoms with Crippen molar-refractivity contribution in [2.24, 2.45) is 0 Å². The van der Waals surface area contributed by atoms with Gasteiger partial charge in [-0.2, -0.15) is 0 Å². The first-order valence-electron chi connectivity index (χ1n) is 12.2. The Morgan fingerprint density at radius 3 is 2.23 bits per heavy atom. The smallest absolute Gasteiger partial charge is 0.333 e. The number of hydrogen-bond donors (Lipinski definition) is 6. The third-order valence-electron chi connectivity index (χ3n) is 5.56. The van der Waals surface area contributed by atoms with Gasteiger partial charge in [0.05, 0.1) is 19.0 Å². The third-order valence-corrected chi connectivity index (χ3v) is 5.56. The number of aliphatic hydroxyl groups excluding tert-OH is 2. The molecule has 11 heteroatoms. The molecule has 2 unspecified atom stereocenters. The lowest BCUT2D eigenvalue weighted by molar-refractivity contribution is -0.152. The molecule has 0 aliphatic carbocycles. The van der Waals surface area contributed by atoms with E-state index in [0.29, 0.717) is 31.2 Å². The van der Waals surface area contributed by atoms with E-state index in [9.17, 15) is 14.7 Å². The molecular weight excluding hydrogens is 508 g/mol. The summed E-state index contributed by atoms with van der Waals surface area (Å²) in [6, 6.07) is 21.6. The number of hydrogen-bond acceptors (Lipinski definition) is 8. The standard InChI is InChI=1S/C24H26N2O4.C4H6O5/c1-28-21-10-4-5-11-22(21)29-14-13-25-15-17(27)16-30-23-12-6-9-20-24(23)18-7-2-3-8-19(18)26-20;5-2(4(8)9)1-3(6)7/h2-12,17,25-27H,13-16H2,1H3;2,5H,1H2,(H,6,7)(H,8,9). The minimum Gasteiger partial charge on any atom is -0.493 e. The van der Waals surface area contributed by atoms with Gasteiger partial charge in [-0.15, -0.1) is 0 Å². The first kappa shape index (κ1) is 29.2. The van der Waals surface area contributed by atoms with E-state index in [1.54, 1.807) is 7.11 Å². The van der Waals surface area contributed by atoms with Crippen LogP contribution in [0.3, 0.4) is 0 Å². The van der Waals surface area contributed by atoms with Crippen molar-refractivity contribution in [2.45, 2.75) is 18.6 Å². The molecule has 0 spiro atoms. The number of H-pyrrole nitrogens is 1. The molecule has 39 heavy (non-hydrogen) atoms. The maximum absolute atomic E-state index is 10.3. The van der Waals surface area contributed by atoms with Gasteiger partial charge in [0.15, 0.2) is 17.6 Å². The van der Waals surface area contributed by atoms with Crippen molar-refractivity contribution in [1.29, 1.82) is 0 Å². The topological polar surface area (TPSA) is 171 Å². The summed E-state index contributed by atoms with van der Waals surface area (Å²) in [4.78, 5) is 22.8. The van der Waals surface area contributed by atoms with Crippen molar-refractivity contribution >= 4 is 33.7 Å². The fourth-order valence-electron chi connectivity index (χ4n) is 3.73. The monoisotopic (exact) mass is 540 g/mol. The average molecular weight is 541 g/mol. The summed E-state index contributed by atoms with van der Waals surface area (Å²) in [6.45, 7) is 1.70. The highest BCUT2D eigenvalue weighted by Gasteiger charge is 2.16. The van der Waals surface area contributed by atoms with Gasteiger partial charge in [0, 0.05) is 29.4 Å². The molecule has 0 aliphatic heterocycles. The number of aromatic nitrogens is 1. The molecule has 6 N–H and O–H groups in total. The minimum absolute atomic E-state index is 0.207. The highest BCUT2D eigenvalue weighted by atomic mass is 16.5. The van der Waals surface area contributed by atoms with Gasteiger partial charge < -0.3 is 44.9 Å². The van der Waals surface area contributed by atoms with Gasteiger partial charge in [-0.05, 0) is 30.3 Å². The van der Waals surface area contributed by atoms with Crippen molar-refractivity contribution < 1.29 is 44.2 Å². The lowest BCUT2D eigenvalue weighted by atomic mass is 10.1. The number of carboxylic acids is 2. The maximum atomic E-state index is 10.3. The molecule has 4 rings (SSSR count). The first-order chi connectivity index (χ1) is 18.8. The van der Waals surface area contributed by atoms with Gasteiger partial charge in [0.25, 0.3) is 0 Å². The lowest BCUT2D eigenvalue weighted by Gasteiger charge is -2.15. The van der Waals surface area contributed by atoms with E-state index in [2.05, 4.69) is 16.4 Å². The number of fused-ring (bicyclic) bond motifs is 3. The molecule has 0 bridgehead atoms. The third kappa shape index (κ3) is 8.60. The highest BCUT2D eigenvalue weighted by molar-refractivity contribution is 6.10. The molecule has 0 fully saturated rings. The first-order valence-corrected chi connectivity index (χ1v) is 12.2. The summed E-state index contributed by atoms with van der Waals surface area (Å²) in [6.07, 6.45) is -3.17. The number of aliphatic hydroxyl groups is 2. The van der Waals surface area contributed by atoms with Crippen LogP contribution < -0.4 is 19.5 Å². The Bertz CT molecular complexity index is 1370. The molecule has 0 saturated carbocycles. The zero-order chi connectivity index (χ0) is 28.2. The number of aromatic amines is 1. The zero-order valence-electron chi connectivity index (χ0n) is 21.4. The van der Waals surface area contributed by atoms with Crippen LogP contribution in [0.15, 0.2) is 66.7 Å². The molecule has 208 valence electrons. The minimum atomic E-state index is -1.79. The molecular formula is C28H32N2O9. The van der Waals surface area contributed by atoms with Crippen LogP contribution in [-0.4, -0.2) is 83.0 Å². The average Bonchev–Trinajstić information content (AvgIpc) is 3.31. The molecule has 0 amide bonds. The second kappa shape index (κ2) is 14.6. The van der Waals surface area contributed by atoms with E-state index in [1.165, 1.54) is 0 Å². The molecule has 3 aromatic carbocycles. The van der Waals surface area contributed by atoms with E-state index in [1.807, 2.05) is 60.7 Å². The number of rotatable bonds is 13. The van der Waals surface area contributed by atoms with E-state index in [-0.39, 0.29) is 6.61 Å². The van der Waals surface area contributed by atoms with Crippen LogP contribution in [0.4, 0.5) is 0 Å². The predicted molar refractivity (Wildman–Crippen MR) is 145 cm³/mol. The second-order valence-corrected chi connectivity index (χ2v) is 8.47. The highest BCUT2D eigenvalue weighted by Crippen LogP contribution is 2.33. The summed E-state index contributed by atoms with van der Waals surface area (Å²) < 4.78 is 16.9.